The molecule has 4 nitrogen and oxygen atoms in total. The fraction of sp³-hybridized carbons (Fsp3) is 0.611. The van der Waals surface area contributed by atoms with Crippen LogP contribution in [0.2, 0.25) is 0 Å². The van der Waals surface area contributed by atoms with E-state index in [1.54, 1.807) is 7.11 Å². The molecule has 1 N–H and O–H groups in total. The summed E-state index contributed by atoms with van der Waals surface area (Å²) in [5, 5.41) is 3.17. The molecule has 0 aromatic heterocycles. The lowest BCUT2D eigenvalue weighted by atomic mass is 9.86. The van der Waals surface area contributed by atoms with Gasteiger partial charge in [0.15, 0.2) is 0 Å². The third-order valence-electron chi connectivity index (χ3n) is 4.33. The van der Waals surface area contributed by atoms with Gasteiger partial charge in [-0.05, 0) is 49.4 Å². The molecule has 0 heterocycles. The number of ether oxygens (including phenoxy) is 2. The van der Waals surface area contributed by atoms with Crippen molar-refractivity contribution in [3.05, 3.63) is 24.3 Å². The molecule has 0 aliphatic heterocycles. The van der Waals surface area contributed by atoms with Gasteiger partial charge in [-0.25, -0.2) is 0 Å². The quantitative estimate of drug-likeness (QED) is 0.784. The van der Waals surface area contributed by atoms with Crippen LogP contribution in [0.25, 0.3) is 0 Å². The van der Waals surface area contributed by atoms with Gasteiger partial charge < -0.3 is 14.8 Å². The first kappa shape index (κ1) is 16.7. The van der Waals surface area contributed by atoms with Crippen LogP contribution in [-0.4, -0.2) is 25.7 Å². The summed E-state index contributed by atoms with van der Waals surface area (Å²) in [6.07, 6.45) is 6.14. The van der Waals surface area contributed by atoms with E-state index in [1.807, 2.05) is 24.3 Å². The molecular formula is C18H27NO3. The van der Waals surface area contributed by atoms with Crippen molar-refractivity contribution in [2.24, 2.45) is 5.92 Å². The minimum atomic E-state index is 0.150. The normalized spacial score (nSPS) is 21.2. The van der Waals surface area contributed by atoms with Crippen LogP contribution >= 0.6 is 0 Å². The molecule has 1 saturated carbocycles. The summed E-state index contributed by atoms with van der Waals surface area (Å²) in [7, 11) is 1.64. The van der Waals surface area contributed by atoms with E-state index < -0.39 is 0 Å². The molecule has 122 valence electrons. The smallest absolute Gasteiger partial charge is 0.220 e. The number of benzene rings is 1. The monoisotopic (exact) mass is 305 g/mol. The molecule has 1 aliphatic carbocycles. The van der Waals surface area contributed by atoms with Crippen molar-refractivity contribution in [3.8, 4) is 11.5 Å². The van der Waals surface area contributed by atoms with Crippen molar-refractivity contribution in [2.45, 2.75) is 51.5 Å². The predicted molar refractivity (Wildman–Crippen MR) is 87.3 cm³/mol. The average Bonchev–Trinajstić information content (AvgIpc) is 2.54. The Labute approximate surface area is 133 Å². The standard InChI is InChI=1S/C18H27NO3/c1-14-6-3-4-7-17(14)19-18(20)8-5-13-22-16-11-9-15(21-2)10-12-16/h9-12,14,17H,3-8,13H2,1-2H3,(H,19,20). The van der Waals surface area contributed by atoms with E-state index in [2.05, 4.69) is 12.2 Å². The van der Waals surface area contributed by atoms with Gasteiger partial charge >= 0.3 is 0 Å². The third kappa shape index (κ3) is 5.24. The molecule has 4 heteroatoms. The number of methoxy groups -OCH3 is 1. The number of rotatable bonds is 7. The van der Waals surface area contributed by atoms with E-state index in [0.29, 0.717) is 25.0 Å². The second kappa shape index (κ2) is 8.66. The molecule has 1 amide bonds. The highest BCUT2D eigenvalue weighted by Gasteiger charge is 2.22. The second-order valence-corrected chi connectivity index (χ2v) is 6.06. The Morgan fingerprint density at radius 2 is 1.86 bits per heavy atom. The Hall–Kier alpha value is -1.71. The van der Waals surface area contributed by atoms with Crippen LogP contribution in [0.5, 0.6) is 11.5 Å². The van der Waals surface area contributed by atoms with Gasteiger partial charge in [-0.2, -0.15) is 0 Å². The van der Waals surface area contributed by atoms with E-state index in [0.717, 1.165) is 24.3 Å². The molecule has 0 radical (unpaired) electrons. The van der Waals surface area contributed by atoms with Gasteiger partial charge in [-0.15, -0.1) is 0 Å². The summed E-state index contributed by atoms with van der Waals surface area (Å²) in [4.78, 5) is 12.0. The Morgan fingerprint density at radius 1 is 1.18 bits per heavy atom. The summed E-state index contributed by atoms with van der Waals surface area (Å²) in [6.45, 7) is 2.79. The fourth-order valence-corrected chi connectivity index (χ4v) is 2.90. The number of carbonyl (C=O) groups is 1. The zero-order valence-electron chi connectivity index (χ0n) is 13.6. The van der Waals surface area contributed by atoms with Crippen LogP contribution in [0, 0.1) is 5.92 Å². The molecule has 0 spiro atoms. The molecular weight excluding hydrogens is 278 g/mol. The first-order chi connectivity index (χ1) is 10.7. The van der Waals surface area contributed by atoms with Gasteiger partial charge in [0.2, 0.25) is 5.91 Å². The van der Waals surface area contributed by atoms with Crippen molar-refractivity contribution < 1.29 is 14.3 Å². The van der Waals surface area contributed by atoms with E-state index in [4.69, 9.17) is 9.47 Å². The third-order valence-corrected chi connectivity index (χ3v) is 4.33. The Bertz CT molecular complexity index is 458. The van der Waals surface area contributed by atoms with Gasteiger partial charge in [0, 0.05) is 12.5 Å². The first-order valence-electron chi connectivity index (χ1n) is 8.25. The van der Waals surface area contributed by atoms with Gasteiger partial charge in [0.25, 0.3) is 0 Å². The van der Waals surface area contributed by atoms with E-state index in [-0.39, 0.29) is 5.91 Å². The Balaban J connectivity index is 1.62. The summed E-state index contributed by atoms with van der Waals surface area (Å²) < 4.78 is 10.7. The summed E-state index contributed by atoms with van der Waals surface area (Å²) in [5.74, 6) is 2.38. The van der Waals surface area contributed by atoms with Gasteiger partial charge in [-0.3, -0.25) is 4.79 Å². The molecule has 2 atom stereocenters. The second-order valence-electron chi connectivity index (χ2n) is 6.06. The van der Waals surface area contributed by atoms with E-state index in [9.17, 15) is 4.79 Å². The van der Waals surface area contributed by atoms with Crippen molar-refractivity contribution in [2.75, 3.05) is 13.7 Å². The fourth-order valence-electron chi connectivity index (χ4n) is 2.90. The molecule has 22 heavy (non-hydrogen) atoms. The summed E-state index contributed by atoms with van der Waals surface area (Å²) >= 11 is 0. The SMILES string of the molecule is COc1ccc(OCCCC(=O)NC2CCCCC2C)cc1. The van der Waals surface area contributed by atoms with Crippen LogP contribution < -0.4 is 14.8 Å². The van der Waals surface area contributed by atoms with Crippen molar-refractivity contribution >= 4 is 5.91 Å². The van der Waals surface area contributed by atoms with Gasteiger partial charge in [0.05, 0.1) is 13.7 Å². The molecule has 1 aliphatic rings. The molecule has 1 fully saturated rings. The van der Waals surface area contributed by atoms with Crippen LogP contribution in [0.3, 0.4) is 0 Å². The van der Waals surface area contributed by atoms with E-state index in [1.165, 1.54) is 19.3 Å². The highest BCUT2D eigenvalue weighted by molar-refractivity contribution is 5.76. The van der Waals surface area contributed by atoms with Crippen molar-refractivity contribution in [3.63, 3.8) is 0 Å². The summed E-state index contributed by atoms with van der Waals surface area (Å²) in [5.41, 5.74) is 0. The van der Waals surface area contributed by atoms with Crippen molar-refractivity contribution in [1.29, 1.82) is 0 Å². The largest absolute Gasteiger partial charge is 0.497 e. The maximum atomic E-state index is 12.0. The van der Waals surface area contributed by atoms with Crippen molar-refractivity contribution in [1.82, 2.24) is 5.32 Å². The maximum Gasteiger partial charge on any atom is 0.220 e. The van der Waals surface area contributed by atoms with Crippen LogP contribution in [0.4, 0.5) is 0 Å². The molecule has 1 aromatic rings. The lowest BCUT2D eigenvalue weighted by molar-refractivity contribution is -0.122. The molecule has 2 unspecified atom stereocenters. The predicted octanol–water partition coefficient (Wildman–Crippen LogP) is 3.55. The molecule has 0 bridgehead atoms. The number of nitrogens with one attached hydrogen (secondary N) is 1. The lowest BCUT2D eigenvalue weighted by Gasteiger charge is -2.29. The Kier molecular flexibility index (Phi) is 6.56. The van der Waals surface area contributed by atoms with Crippen LogP contribution in [0.15, 0.2) is 24.3 Å². The number of hydrogen-bond acceptors (Lipinski definition) is 3. The number of amides is 1. The highest BCUT2D eigenvalue weighted by atomic mass is 16.5. The molecule has 1 aromatic carbocycles. The summed E-state index contributed by atoms with van der Waals surface area (Å²) in [6, 6.07) is 7.85. The van der Waals surface area contributed by atoms with Crippen LogP contribution in [0.1, 0.15) is 45.4 Å². The Morgan fingerprint density at radius 3 is 2.55 bits per heavy atom. The zero-order valence-corrected chi connectivity index (χ0v) is 13.6. The minimum absolute atomic E-state index is 0.150. The number of hydrogen-bond donors (Lipinski definition) is 1. The highest BCUT2D eigenvalue weighted by Crippen LogP contribution is 2.23. The zero-order chi connectivity index (χ0) is 15.8. The lowest BCUT2D eigenvalue weighted by Crippen LogP contribution is -2.41. The molecule has 0 saturated heterocycles. The van der Waals surface area contributed by atoms with Gasteiger partial charge in [-0.1, -0.05) is 19.8 Å². The number of carbonyl (C=O) groups excluding carboxylic acids is 1. The molecule has 2 rings (SSSR count). The first-order valence-corrected chi connectivity index (χ1v) is 8.25. The van der Waals surface area contributed by atoms with Crippen LogP contribution in [-0.2, 0) is 4.79 Å². The van der Waals surface area contributed by atoms with Gasteiger partial charge in [0.1, 0.15) is 11.5 Å². The van der Waals surface area contributed by atoms with E-state index >= 15 is 0 Å². The minimum Gasteiger partial charge on any atom is -0.497 e. The topological polar surface area (TPSA) is 47.6 Å². The average molecular weight is 305 g/mol. The maximum absolute atomic E-state index is 12.0.